The van der Waals surface area contributed by atoms with Crippen molar-refractivity contribution in [2.45, 2.75) is 20.8 Å². The lowest BCUT2D eigenvalue weighted by atomic mass is 9.96. The first-order valence-electron chi connectivity index (χ1n) is 8.23. The lowest BCUT2D eigenvalue weighted by molar-refractivity contribution is -0.128. The van der Waals surface area contributed by atoms with E-state index in [1.807, 2.05) is 63.2 Å². The summed E-state index contributed by atoms with van der Waals surface area (Å²) in [5, 5.41) is 7.08. The van der Waals surface area contributed by atoms with Crippen LogP contribution in [0.3, 0.4) is 0 Å². The number of carbonyl (C=O) groups excluding carboxylic acids is 2. The summed E-state index contributed by atoms with van der Waals surface area (Å²) < 4.78 is 0.908. The van der Waals surface area contributed by atoms with Crippen molar-refractivity contribution in [1.82, 2.24) is 10.7 Å². The van der Waals surface area contributed by atoms with E-state index in [2.05, 4.69) is 31.8 Å². The van der Waals surface area contributed by atoms with E-state index < -0.39 is 5.41 Å². The summed E-state index contributed by atoms with van der Waals surface area (Å²) in [6.45, 7) is 5.64. The van der Waals surface area contributed by atoms with Crippen molar-refractivity contribution in [1.29, 1.82) is 0 Å². The monoisotopic (exact) mass is 415 g/mol. The van der Waals surface area contributed by atoms with Crippen LogP contribution in [0.25, 0.3) is 0 Å². The number of rotatable bonds is 5. The summed E-state index contributed by atoms with van der Waals surface area (Å²) in [6.07, 6.45) is 0. The van der Waals surface area contributed by atoms with Gasteiger partial charge in [-0.15, -0.1) is 0 Å². The molecule has 0 unspecified atom stereocenters. The van der Waals surface area contributed by atoms with Gasteiger partial charge in [0.1, 0.15) is 0 Å². The second-order valence-electron chi connectivity index (χ2n) is 6.81. The Morgan fingerprint density at radius 3 is 2.15 bits per heavy atom. The summed E-state index contributed by atoms with van der Waals surface area (Å²) in [4.78, 5) is 24.4. The molecule has 0 aliphatic heterocycles. The Morgan fingerprint density at radius 2 is 1.58 bits per heavy atom. The van der Waals surface area contributed by atoms with Gasteiger partial charge in [-0.3, -0.25) is 9.59 Å². The van der Waals surface area contributed by atoms with Crippen molar-refractivity contribution in [2.24, 2.45) is 10.5 Å². The number of amides is 2. The van der Waals surface area contributed by atoms with Gasteiger partial charge >= 0.3 is 0 Å². The van der Waals surface area contributed by atoms with Crippen molar-refractivity contribution in [3.63, 3.8) is 0 Å². The maximum Gasteiger partial charge on any atom is 0.251 e. The van der Waals surface area contributed by atoms with Crippen LogP contribution in [0.1, 0.15) is 36.7 Å². The van der Waals surface area contributed by atoms with Gasteiger partial charge in [0.2, 0.25) is 5.91 Å². The second kappa shape index (κ2) is 8.76. The van der Waals surface area contributed by atoms with Gasteiger partial charge in [0.25, 0.3) is 5.91 Å². The van der Waals surface area contributed by atoms with Gasteiger partial charge in [0.05, 0.1) is 12.3 Å². The first-order valence-corrected chi connectivity index (χ1v) is 9.03. The molecule has 2 amide bonds. The molecule has 0 heterocycles. The topological polar surface area (TPSA) is 70.6 Å². The Labute approximate surface area is 162 Å². The zero-order chi connectivity index (χ0) is 19.2. The molecule has 0 aliphatic carbocycles. The zero-order valence-electron chi connectivity index (χ0n) is 15.0. The lowest BCUT2D eigenvalue weighted by Crippen LogP contribution is -2.35. The maximum atomic E-state index is 12.3. The Hall–Kier alpha value is -2.47. The third-order valence-corrected chi connectivity index (χ3v) is 4.13. The number of hydrazone groups is 1. The number of hydrogen-bond donors (Lipinski definition) is 2. The molecule has 2 rings (SSSR count). The summed E-state index contributed by atoms with van der Waals surface area (Å²) >= 11 is 3.35. The number of benzene rings is 2. The number of hydrogen-bond acceptors (Lipinski definition) is 3. The van der Waals surface area contributed by atoms with Crippen LogP contribution in [0.15, 0.2) is 64.2 Å². The van der Waals surface area contributed by atoms with E-state index in [1.54, 1.807) is 12.1 Å². The SMILES string of the molecule is CC(C)(C)C(=O)NN=C(CNC(=O)c1ccc(Br)cc1)c1ccccc1. The highest BCUT2D eigenvalue weighted by molar-refractivity contribution is 9.10. The van der Waals surface area contributed by atoms with Crippen molar-refractivity contribution in [3.05, 3.63) is 70.2 Å². The fourth-order valence-electron chi connectivity index (χ4n) is 1.99. The third kappa shape index (κ3) is 5.81. The predicted molar refractivity (Wildman–Crippen MR) is 107 cm³/mol. The Kier molecular flexibility index (Phi) is 6.69. The van der Waals surface area contributed by atoms with Gasteiger partial charge in [-0.25, -0.2) is 5.43 Å². The molecule has 0 spiro atoms. The predicted octanol–water partition coefficient (Wildman–Crippen LogP) is 3.75. The van der Waals surface area contributed by atoms with E-state index in [0.717, 1.165) is 10.0 Å². The van der Waals surface area contributed by atoms with Crippen molar-refractivity contribution >= 4 is 33.5 Å². The molecule has 0 saturated carbocycles. The van der Waals surface area contributed by atoms with Crippen LogP contribution >= 0.6 is 15.9 Å². The molecular formula is C20H22BrN3O2. The molecule has 0 aromatic heterocycles. The Bertz CT molecular complexity index is 794. The van der Waals surface area contributed by atoms with Gasteiger partial charge in [-0.1, -0.05) is 67.0 Å². The third-order valence-electron chi connectivity index (χ3n) is 3.60. The molecule has 6 heteroatoms. The van der Waals surface area contributed by atoms with Crippen LogP contribution < -0.4 is 10.7 Å². The van der Waals surface area contributed by atoms with Gasteiger partial charge in [-0.2, -0.15) is 5.10 Å². The summed E-state index contributed by atoms with van der Waals surface area (Å²) in [6, 6.07) is 16.5. The molecule has 0 radical (unpaired) electrons. The first kappa shape index (κ1) is 19.8. The second-order valence-corrected chi connectivity index (χ2v) is 7.72. The number of nitrogens with zero attached hydrogens (tertiary/aromatic N) is 1. The molecule has 2 N–H and O–H groups in total. The molecule has 0 fully saturated rings. The molecule has 2 aromatic rings. The minimum Gasteiger partial charge on any atom is -0.346 e. The Morgan fingerprint density at radius 1 is 0.962 bits per heavy atom. The largest absolute Gasteiger partial charge is 0.346 e. The molecule has 0 aliphatic rings. The molecule has 0 bridgehead atoms. The lowest BCUT2D eigenvalue weighted by Gasteiger charge is -2.16. The van der Waals surface area contributed by atoms with Crippen LogP contribution in [-0.4, -0.2) is 24.1 Å². The summed E-state index contributed by atoms with van der Waals surface area (Å²) in [7, 11) is 0. The molecule has 0 saturated heterocycles. The summed E-state index contributed by atoms with van der Waals surface area (Å²) in [5.74, 6) is -0.395. The highest BCUT2D eigenvalue weighted by atomic mass is 79.9. The van der Waals surface area contributed by atoms with E-state index in [9.17, 15) is 9.59 Å². The number of halogens is 1. The normalized spacial score (nSPS) is 11.8. The first-order chi connectivity index (χ1) is 12.3. The number of carbonyl (C=O) groups is 2. The molecule has 2 aromatic carbocycles. The van der Waals surface area contributed by atoms with Gasteiger partial charge in [-0.05, 0) is 29.8 Å². The average molecular weight is 416 g/mol. The number of nitrogens with one attached hydrogen (secondary N) is 2. The minimum absolute atomic E-state index is 0.190. The standard InChI is InChI=1S/C20H22BrN3O2/c1-20(2,3)19(26)24-23-17(14-7-5-4-6-8-14)13-22-18(25)15-9-11-16(21)12-10-15/h4-12H,13H2,1-3H3,(H,22,25)(H,24,26). The average Bonchev–Trinajstić information content (AvgIpc) is 2.61. The fraction of sp³-hybridized carbons (Fsp3) is 0.250. The van der Waals surface area contributed by atoms with Crippen molar-refractivity contribution in [2.75, 3.05) is 6.54 Å². The maximum absolute atomic E-state index is 12.3. The smallest absolute Gasteiger partial charge is 0.251 e. The highest BCUT2D eigenvalue weighted by Crippen LogP contribution is 2.13. The molecule has 136 valence electrons. The van der Waals surface area contributed by atoms with Gasteiger partial charge in [0, 0.05) is 15.5 Å². The van der Waals surface area contributed by atoms with E-state index in [4.69, 9.17) is 0 Å². The van der Waals surface area contributed by atoms with Crippen molar-refractivity contribution < 1.29 is 9.59 Å². The molecular weight excluding hydrogens is 394 g/mol. The fourth-order valence-corrected chi connectivity index (χ4v) is 2.25. The Balaban J connectivity index is 2.13. The van der Waals surface area contributed by atoms with Crippen molar-refractivity contribution in [3.8, 4) is 0 Å². The highest BCUT2D eigenvalue weighted by Gasteiger charge is 2.21. The quantitative estimate of drug-likeness (QED) is 0.576. The van der Waals surface area contributed by atoms with Crippen LogP contribution in [-0.2, 0) is 4.79 Å². The van der Waals surface area contributed by atoms with E-state index >= 15 is 0 Å². The zero-order valence-corrected chi connectivity index (χ0v) is 16.6. The van der Waals surface area contributed by atoms with Crippen LogP contribution in [0.2, 0.25) is 0 Å². The van der Waals surface area contributed by atoms with Gasteiger partial charge in [0.15, 0.2) is 0 Å². The van der Waals surface area contributed by atoms with E-state index in [-0.39, 0.29) is 18.4 Å². The minimum atomic E-state index is -0.550. The van der Waals surface area contributed by atoms with Crippen LogP contribution in [0.4, 0.5) is 0 Å². The van der Waals surface area contributed by atoms with E-state index in [0.29, 0.717) is 11.3 Å². The van der Waals surface area contributed by atoms with Gasteiger partial charge < -0.3 is 5.32 Å². The summed E-state index contributed by atoms with van der Waals surface area (Å²) in [5.41, 5.74) is 4.00. The van der Waals surface area contributed by atoms with Crippen LogP contribution in [0.5, 0.6) is 0 Å². The van der Waals surface area contributed by atoms with Crippen LogP contribution in [0, 0.1) is 5.41 Å². The molecule has 26 heavy (non-hydrogen) atoms. The molecule has 5 nitrogen and oxygen atoms in total. The molecule has 0 atom stereocenters. The van der Waals surface area contributed by atoms with E-state index in [1.165, 1.54) is 0 Å².